The Hall–Kier alpha value is -2.84. The van der Waals surface area contributed by atoms with Crippen LogP contribution in [0, 0.1) is 19.8 Å². The molecule has 0 saturated carbocycles. The first kappa shape index (κ1) is 22.4. The predicted molar refractivity (Wildman–Crippen MR) is 118 cm³/mol. The predicted octanol–water partition coefficient (Wildman–Crippen LogP) is 2.75. The summed E-state index contributed by atoms with van der Waals surface area (Å²) in [5.41, 5.74) is 2.03. The minimum Gasteiger partial charge on any atom is -0.342 e. The Morgan fingerprint density at radius 1 is 1.19 bits per heavy atom. The molecule has 4 heterocycles. The molecule has 0 unspecified atom stereocenters. The van der Waals surface area contributed by atoms with Crippen LogP contribution in [-0.2, 0) is 22.4 Å². The van der Waals surface area contributed by atoms with Gasteiger partial charge in [0.15, 0.2) is 5.82 Å². The first-order chi connectivity index (χ1) is 15.3. The van der Waals surface area contributed by atoms with Crippen molar-refractivity contribution in [3.05, 3.63) is 28.8 Å². The van der Waals surface area contributed by atoms with Crippen molar-refractivity contribution in [2.75, 3.05) is 24.5 Å². The highest BCUT2D eigenvalue weighted by atomic mass is 16.5. The number of amides is 2. The summed E-state index contributed by atoms with van der Waals surface area (Å²) in [4.78, 5) is 42.9. The first-order valence-electron chi connectivity index (χ1n) is 11.6. The zero-order valence-electron chi connectivity index (χ0n) is 19.4. The van der Waals surface area contributed by atoms with E-state index in [0.29, 0.717) is 63.0 Å². The fourth-order valence-corrected chi connectivity index (χ4v) is 4.41. The third-order valence-electron chi connectivity index (χ3n) is 6.31. The van der Waals surface area contributed by atoms with E-state index in [9.17, 15) is 9.59 Å². The second-order valence-electron chi connectivity index (χ2n) is 9.26. The van der Waals surface area contributed by atoms with Crippen molar-refractivity contribution in [2.24, 2.45) is 5.92 Å². The summed E-state index contributed by atoms with van der Waals surface area (Å²) in [6.45, 7) is 10.1. The Balaban J connectivity index is 1.45. The van der Waals surface area contributed by atoms with E-state index >= 15 is 0 Å². The van der Waals surface area contributed by atoms with Crippen LogP contribution in [0.5, 0.6) is 0 Å². The third-order valence-corrected chi connectivity index (χ3v) is 6.31. The summed E-state index contributed by atoms with van der Waals surface area (Å²) < 4.78 is 5.10. The molecule has 0 N–H and O–H groups in total. The molecule has 2 aromatic heterocycles. The molecule has 0 spiro atoms. The Bertz CT molecular complexity index is 1000. The molecule has 0 aliphatic carbocycles. The summed E-state index contributed by atoms with van der Waals surface area (Å²) in [5, 5.41) is 3.77. The van der Waals surface area contributed by atoms with E-state index in [0.717, 1.165) is 35.7 Å². The van der Waals surface area contributed by atoms with Gasteiger partial charge in [0.05, 0.1) is 0 Å². The maximum atomic E-state index is 12.7. The molecular formula is C23H32N6O3. The van der Waals surface area contributed by atoms with E-state index in [4.69, 9.17) is 14.5 Å². The maximum Gasteiger partial charge on any atom is 0.228 e. The molecule has 9 heteroatoms. The van der Waals surface area contributed by atoms with E-state index in [-0.39, 0.29) is 17.7 Å². The number of carbonyl (C=O) groups excluding carboxylic acids is 2. The molecule has 1 atom stereocenters. The third kappa shape index (κ3) is 4.81. The molecule has 1 fully saturated rings. The van der Waals surface area contributed by atoms with Gasteiger partial charge in [-0.05, 0) is 39.0 Å². The van der Waals surface area contributed by atoms with Gasteiger partial charge in [0.2, 0.25) is 17.7 Å². The SMILES string of the molecule is Cc1noc(CCC(=O)N2CC[C@@H](c3nc(C)c4c(n3)N(CCC(C)C)C(=O)CC4)C2)n1. The topological polar surface area (TPSA) is 105 Å². The van der Waals surface area contributed by atoms with Crippen molar-refractivity contribution in [2.45, 2.75) is 72.1 Å². The van der Waals surface area contributed by atoms with E-state index < -0.39 is 0 Å². The molecule has 2 aliphatic rings. The molecule has 9 nitrogen and oxygen atoms in total. The Morgan fingerprint density at radius 2 is 2.00 bits per heavy atom. The lowest BCUT2D eigenvalue weighted by Gasteiger charge is -2.30. The summed E-state index contributed by atoms with van der Waals surface area (Å²) in [5.74, 6) is 3.40. The maximum absolute atomic E-state index is 12.7. The second kappa shape index (κ2) is 9.34. The molecule has 0 bridgehead atoms. The smallest absolute Gasteiger partial charge is 0.228 e. The average molecular weight is 441 g/mol. The van der Waals surface area contributed by atoms with Crippen molar-refractivity contribution in [3.8, 4) is 0 Å². The van der Waals surface area contributed by atoms with E-state index in [2.05, 4.69) is 24.0 Å². The normalized spacial score (nSPS) is 18.5. The lowest BCUT2D eigenvalue weighted by Crippen LogP contribution is -2.38. The number of hydrogen-bond donors (Lipinski definition) is 0. The van der Waals surface area contributed by atoms with E-state index in [1.54, 1.807) is 6.92 Å². The zero-order chi connectivity index (χ0) is 22.8. The van der Waals surface area contributed by atoms with Gasteiger partial charge in [0.25, 0.3) is 0 Å². The fourth-order valence-electron chi connectivity index (χ4n) is 4.41. The standard InChI is InChI=1S/C23H32N6O3/c1-14(2)9-12-29-21(31)7-5-18-15(3)24-22(26-23(18)29)17-10-11-28(13-17)20(30)8-6-19-25-16(4)27-32-19/h14,17H,5-13H2,1-4H3/t17-/m1/s1. The molecule has 32 heavy (non-hydrogen) atoms. The van der Waals surface area contributed by atoms with Crippen LogP contribution in [0.25, 0.3) is 0 Å². The number of aryl methyl sites for hydroxylation is 3. The van der Waals surface area contributed by atoms with Crippen molar-refractivity contribution in [1.29, 1.82) is 0 Å². The number of fused-ring (bicyclic) bond motifs is 1. The van der Waals surface area contributed by atoms with Crippen LogP contribution in [-0.4, -0.2) is 56.5 Å². The van der Waals surface area contributed by atoms with Gasteiger partial charge in [-0.3, -0.25) is 14.5 Å². The monoisotopic (exact) mass is 440 g/mol. The van der Waals surface area contributed by atoms with Gasteiger partial charge in [0.1, 0.15) is 11.6 Å². The van der Waals surface area contributed by atoms with Gasteiger partial charge in [-0.25, -0.2) is 9.97 Å². The van der Waals surface area contributed by atoms with Crippen molar-refractivity contribution in [1.82, 2.24) is 25.0 Å². The quantitative estimate of drug-likeness (QED) is 0.652. The Kier molecular flexibility index (Phi) is 6.53. The van der Waals surface area contributed by atoms with Gasteiger partial charge in [0, 0.05) is 56.1 Å². The highest BCUT2D eigenvalue weighted by Gasteiger charge is 2.33. The molecule has 1 saturated heterocycles. The van der Waals surface area contributed by atoms with Crippen LogP contribution in [0.4, 0.5) is 5.82 Å². The highest BCUT2D eigenvalue weighted by Crippen LogP contribution is 2.32. The van der Waals surface area contributed by atoms with E-state index in [1.807, 2.05) is 16.7 Å². The molecule has 0 radical (unpaired) electrons. The molecule has 0 aromatic carbocycles. The number of likely N-dealkylation sites (tertiary alicyclic amines) is 1. The van der Waals surface area contributed by atoms with Gasteiger partial charge >= 0.3 is 0 Å². The number of hydrogen-bond acceptors (Lipinski definition) is 7. The van der Waals surface area contributed by atoms with Crippen LogP contribution in [0.3, 0.4) is 0 Å². The lowest BCUT2D eigenvalue weighted by atomic mass is 10.0. The van der Waals surface area contributed by atoms with Crippen LogP contribution in [0.15, 0.2) is 4.52 Å². The van der Waals surface area contributed by atoms with Crippen molar-refractivity contribution in [3.63, 3.8) is 0 Å². The molecule has 2 aliphatic heterocycles. The second-order valence-corrected chi connectivity index (χ2v) is 9.26. The summed E-state index contributed by atoms with van der Waals surface area (Å²) >= 11 is 0. The number of rotatable bonds is 7. The molecule has 4 rings (SSSR count). The zero-order valence-corrected chi connectivity index (χ0v) is 19.4. The van der Waals surface area contributed by atoms with Crippen molar-refractivity contribution < 1.29 is 14.1 Å². The summed E-state index contributed by atoms with van der Waals surface area (Å²) in [7, 11) is 0. The molecule has 2 amide bonds. The van der Waals surface area contributed by atoms with Crippen LogP contribution >= 0.6 is 0 Å². The average Bonchev–Trinajstić information content (AvgIpc) is 3.40. The largest absolute Gasteiger partial charge is 0.342 e. The minimum absolute atomic E-state index is 0.0757. The lowest BCUT2D eigenvalue weighted by molar-refractivity contribution is -0.130. The van der Waals surface area contributed by atoms with Crippen LogP contribution < -0.4 is 4.90 Å². The number of nitrogens with zero attached hydrogens (tertiary/aromatic N) is 6. The van der Waals surface area contributed by atoms with Gasteiger partial charge < -0.3 is 9.42 Å². The Morgan fingerprint density at radius 3 is 2.72 bits per heavy atom. The number of carbonyl (C=O) groups is 2. The van der Waals surface area contributed by atoms with Crippen molar-refractivity contribution >= 4 is 17.6 Å². The summed E-state index contributed by atoms with van der Waals surface area (Å²) in [6.07, 6.45) is 3.76. The number of anilines is 1. The van der Waals surface area contributed by atoms with Gasteiger partial charge in [-0.15, -0.1) is 0 Å². The van der Waals surface area contributed by atoms with Crippen LogP contribution in [0.2, 0.25) is 0 Å². The highest BCUT2D eigenvalue weighted by molar-refractivity contribution is 5.95. The molecule has 2 aromatic rings. The fraction of sp³-hybridized carbons (Fsp3) is 0.652. The number of aromatic nitrogens is 4. The van der Waals surface area contributed by atoms with E-state index in [1.165, 1.54) is 0 Å². The molecular weight excluding hydrogens is 408 g/mol. The minimum atomic E-state index is 0.0757. The van der Waals surface area contributed by atoms with Crippen LogP contribution in [0.1, 0.15) is 74.2 Å². The Labute approximate surface area is 188 Å². The molecule has 172 valence electrons. The van der Waals surface area contributed by atoms with Gasteiger partial charge in [-0.1, -0.05) is 19.0 Å². The first-order valence-corrected chi connectivity index (χ1v) is 11.6. The summed E-state index contributed by atoms with van der Waals surface area (Å²) in [6, 6.07) is 0. The van der Waals surface area contributed by atoms with Gasteiger partial charge in [-0.2, -0.15) is 4.98 Å².